The summed E-state index contributed by atoms with van der Waals surface area (Å²) in [6.45, 7) is 2.37. The maximum absolute atomic E-state index is 13.2. The van der Waals surface area contributed by atoms with Gasteiger partial charge in [0.2, 0.25) is 5.91 Å². The van der Waals surface area contributed by atoms with Gasteiger partial charge in [0.15, 0.2) is 0 Å². The van der Waals surface area contributed by atoms with E-state index in [0.717, 1.165) is 48.8 Å². The van der Waals surface area contributed by atoms with Crippen LogP contribution in [0.1, 0.15) is 70.5 Å². The van der Waals surface area contributed by atoms with Gasteiger partial charge in [-0.2, -0.15) is 0 Å². The second-order valence-corrected chi connectivity index (χ2v) is 9.28. The summed E-state index contributed by atoms with van der Waals surface area (Å²) in [4.78, 5) is 27.3. The fourth-order valence-corrected chi connectivity index (χ4v) is 5.59. The van der Waals surface area contributed by atoms with Crippen molar-refractivity contribution >= 4 is 28.2 Å². The van der Waals surface area contributed by atoms with Crippen molar-refractivity contribution in [1.82, 2.24) is 0 Å². The van der Waals surface area contributed by atoms with E-state index in [9.17, 15) is 9.59 Å². The lowest BCUT2D eigenvalue weighted by molar-refractivity contribution is -0.116. The van der Waals surface area contributed by atoms with Gasteiger partial charge in [-0.25, -0.2) is 4.79 Å². The first-order chi connectivity index (χ1) is 15.7. The molecule has 1 heterocycles. The summed E-state index contributed by atoms with van der Waals surface area (Å²) in [5.74, 6) is -0.461. The molecule has 0 fully saturated rings. The molecule has 32 heavy (non-hydrogen) atoms. The number of anilines is 1. The second kappa shape index (κ2) is 10.6. The number of aryl methyl sites for hydroxylation is 1. The molecular formula is C27H29NO3S. The fourth-order valence-electron chi connectivity index (χ4n) is 4.30. The van der Waals surface area contributed by atoms with Crippen molar-refractivity contribution in [3.05, 3.63) is 87.8 Å². The number of ether oxygens (including phenoxy) is 1. The van der Waals surface area contributed by atoms with Crippen molar-refractivity contribution in [3.8, 4) is 0 Å². The Morgan fingerprint density at radius 3 is 2.22 bits per heavy atom. The zero-order valence-electron chi connectivity index (χ0n) is 18.4. The van der Waals surface area contributed by atoms with E-state index in [0.29, 0.717) is 23.6 Å². The molecule has 4 nitrogen and oxygen atoms in total. The van der Waals surface area contributed by atoms with Crippen LogP contribution in [0.25, 0.3) is 0 Å². The van der Waals surface area contributed by atoms with Gasteiger partial charge in [0.25, 0.3) is 0 Å². The van der Waals surface area contributed by atoms with Gasteiger partial charge >= 0.3 is 5.97 Å². The van der Waals surface area contributed by atoms with Gasteiger partial charge in [-0.05, 0) is 48.8 Å². The lowest BCUT2D eigenvalue weighted by atomic mass is 9.88. The average Bonchev–Trinajstić information content (AvgIpc) is 3.20. The Balaban J connectivity index is 1.59. The third kappa shape index (κ3) is 5.10. The molecule has 3 aromatic rings. The summed E-state index contributed by atoms with van der Waals surface area (Å²) in [6.07, 6.45) is 5.09. The first-order valence-corrected chi connectivity index (χ1v) is 12.2. The van der Waals surface area contributed by atoms with Gasteiger partial charge in [0.1, 0.15) is 5.00 Å². The second-order valence-electron chi connectivity index (χ2n) is 8.18. The Kier molecular flexibility index (Phi) is 7.38. The van der Waals surface area contributed by atoms with Gasteiger partial charge in [-0.1, -0.05) is 67.6 Å². The zero-order chi connectivity index (χ0) is 22.3. The maximum Gasteiger partial charge on any atom is 0.341 e. The van der Waals surface area contributed by atoms with Crippen molar-refractivity contribution in [3.63, 3.8) is 0 Å². The van der Waals surface area contributed by atoms with Crippen molar-refractivity contribution in [2.24, 2.45) is 0 Å². The molecule has 0 saturated heterocycles. The highest BCUT2D eigenvalue weighted by molar-refractivity contribution is 7.17. The summed E-state index contributed by atoms with van der Waals surface area (Å²) < 4.78 is 5.46. The largest absolute Gasteiger partial charge is 0.462 e. The van der Waals surface area contributed by atoms with Crippen LogP contribution in [0.15, 0.2) is 60.7 Å². The van der Waals surface area contributed by atoms with Crippen LogP contribution in [0.4, 0.5) is 5.00 Å². The Morgan fingerprint density at radius 1 is 0.969 bits per heavy atom. The van der Waals surface area contributed by atoms with Crippen LogP contribution in [0, 0.1) is 0 Å². The minimum absolute atomic E-state index is 0.0533. The Hall–Kier alpha value is -2.92. The van der Waals surface area contributed by atoms with Crippen LogP contribution in [0.5, 0.6) is 0 Å². The van der Waals surface area contributed by atoms with Crippen molar-refractivity contribution in [1.29, 1.82) is 0 Å². The maximum atomic E-state index is 13.2. The first-order valence-electron chi connectivity index (χ1n) is 11.4. The third-order valence-electron chi connectivity index (χ3n) is 5.86. The predicted molar refractivity (Wildman–Crippen MR) is 130 cm³/mol. The van der Waals surface area contributed by atoms with Gasteiger partial charge in [-0.3, -0.25) is 4.79 Å². The highest BCUT2D eigenvalue weighted by atomic mass is 32.1. The van der Waals surface area contributed by atoms with Crippen LogP contribution in [-0.4, -0.2) is 18.5 Å². The van der Waals surface area contributed by atoms with Gasteiger partial charge in [-0.15, -0.1) is 11.3 Å². The number of thiophene rings is 1. The van der Waals surface area contributed by atoms with Crippen molar-refractivity contribution in [2.45, 2.75) is 51.4 Å². The van der Waals surface area contributed by atoms with E-state index < -0.39 is 0 Å². The predicted octanol–water partition coefficient (Wildman–Crippen LogP) is 6.35. The van der Waals surface area contributed by atoms with E-state index in [-0.39, 0.29) is 17.8 Å². The molecule has 5 heteroatoms. The summed E-state index contributed by atoms with van der Waals surface area (Å²) >= 11 is 1.54. The van der Waals surface area contributed by atoms with E-state index >= 15 is 0 Å². The zero-order valence-corrected chi connectivity index (χ0v) is 19.3. The lowest BCUT2D eigenvalue weighted by Gasteiger charge is -2.18. The van der Waals surface area contributed by atoms with E-state index in [4.69, 9.17) is 4.74 Å². The molecule has 0 aliphatic heterocycles. The number of nitrogens with one attached hydrogen (secondary N) is 1. The van der Waals surface area contributed by atoms with Crippen molar-refractivity contribution < 1.29 is 14.3 Å². The number of benzene rings is 2. The minimum Gasteiger partial charge on any atom is -0.462 e. The number of carbonyl (C=O) groups is 2. The fraction of sp³-hybridized carbons (Fsp3) is 0.333. The molecule has 166 valence electrons. The van der Waals surface area contributed by atoms with Crippen LogP contribution in [0.2, 0.25) is 0 Å². The molecule has 0 radical (unpaired) electrons. The Labute approximate surface area is 193 Å². The van der Waals surface area contributed by atoms with Gasteiger partial charge < -0.3 is 10.1 Å². The Morgan fingerprint density at radius 2 is 1.59 bits per heavy atom. The highest BCUT2D eigenvalue weighted by Crippen LogP contribution is 2.39. The molecule has 1 N–H and O–H groups in total. The summed E-state index contributed by atoms with van der Waals surface area (Å²) in [5.41, 5.74) is 3.84. The summed E-state index contributed by atoms with van der Waals surface area (Å²) in [7, 11) is 0. The number of amides is 1. The number of fused-ring (bicyclic) bond motifs is 1. The monoisotopic (exact) mass is 447 g/mol. The minimum atomic E-state index is -0.316. The van der Waals surface area contributed by atoms with Crippen LogP contribution < -0.4 is 5.32 Å². The highest BCUT2D eigenvalue weighted by Gasteiger charge is 2.28. The summed E-state index contributed by atoms with van der Waals surface area (Å²) in [5, 5.41) is 3.72. The smallest absolute Gasteiger partial charge is 0.341 e. The quantitative estimate of drug-likeness (QED) is 0.409. The van der Waals surface area contributed by atoms with E-state index in [2.05, 4.69) is 29.6 Å². The standard InChI is InChI=1S/C27H29NO3S/c1-2-17-31-27(30)25-21-15-9-10-16-23(21)32-26(25)28-24(29)18-22(19-11-5-3-6-12-19)20-13-7-4-8-14-20/h3-8,11-14,22H,2,9-10,15-18H2,1H3,(H,28,29). The molecule has 0 atom stereocenters. The van der Waals surface area contributed by atoms with Crippen LogP contribution >= 0.6 is 11.3 Å². The molecule has 1 aliphatic rings. The summed E-state index contributed by atoms with van der Waals surface area (Å²) in [6, 6.07) is 20.2. The normalized spacial score (nSPS) is 12.9. The molecule has 0 saturated carbocycles. The molecule has 1 aliphatic carbocycles. The van der Waals surface area contributed by atoms with Crippen molar-refractivity contribution in [2.75, 3.05) is 11.9 Å². The molecule has 1 aromatic heterocycles. The molecular weight excluding hydrogens is 418 g/mol. The third-order valence-corrected chi connectivity index (χ3v) is 7.07. The number of esters is 1. The van der Waals surface area contributed by atoms with Gasteiger partial charge in [0, 0.05) is 17.2 Å². The lowest BCUT2D eigenvalue weighted by Crippen LogP contribution is -2.18. The SMILES string of the molecule is CCCOC(=O)c1c(NC(=O)CC(c2ccccc2)c2ccccc2)sc2c1CCCC2. The topological polar surface area (TPSA) is 55.4 Å². The van der Waals surface area contributed by atoms with Crippen LogP contribution in [0.3, 0.4) is 0 Å². The number of rotatable bonds is 8. The molecule has 2 aromatic carbocycles. The Bertz CT molecular complexity index is 1020. The van der Waals surface area contributed by atoms with E-state index in [1.165, 1.54) is 16.2 Å². The van der Waals surface area contributed by atoms with Crippen LogP contribution in [-0.2, 0) is 22.4 Å². The number of hydrogen-bond donors (Lipinski definition) is 1. The number of carbonyl (C=O) groups excluding carboxylic acids is 2. The molecule has 4 rings (SSSR count). The van der Waals surface area contributed by atoms with Gasteiger partial charge in [0.05, 0.1) is 12.2 Å². The molecule has 0 bridgehead atoms. The molecule has 1 amide bonds. The number of hydrogen-bond acceptors (Lipinski definition) is 4. The molecule has 0 spiro atoms. The molecule has 0 unspecified atom stereocenters. The van der Waals surface area contributed by atoms with E-state index in [1.807, 2.05) is 43.3 Å². The average molecular weight is 448 g/mol. The first kappa shape index (κ1) is 22.3. The van der Waals surface area contributed by atoms with E-state index in [1.54, 1.807) is 0 Å².